The molecule has 2 heterocycles. The van der Waals surface area contributed by atoms with Gasteiger partial charge >= 0.3 is 0 Å². The molecule has 2 N–H and O–H groups in total. The van der Waals surface area contributed by atoms with Gasteiger partial charge in [-0.15, -0.1) is 0 Å². The molecule has 0 aromatic carbocycles. The van der Waals surface area contributed by atoms with Crippen molar-refractivity contribution in [3.63, 3.8) is 0 Å². The van der Waals surface area contributed by atoms with Crippen LogP contribution in [0.2, 0.25) is 0 Å². The third-order valence-electron chi connectivity index (χ3n) is 3.54. The molecule has 2 rings (SSSR count). The Morgan fingerprint density at radius 1 is 1.36 bits per heavy atom. The zero-order chi connectivity index (χ0) is 10.2. The van der Waals surface area contributed by atoms with E-state index in [9.17, 15) is 5.26 Å². The van der Waals surface area contributed by atoms with Crippen LogP contribution in [0.3, 0.4) is 0 Å². The van der Waals surface area contributed by atoms with Crippen LogP contribution in [0, 0.1) is 11.3 Å². The van der Waals surface area contributed by atoms with Crippen LogP contribution in [0.1, 0.15) is 12.8 Å². The first-order valence-corrected chi connectivity index (χ1v) is 5.27. The Labute approximate surface area is 85.3 Å². The molecule has 0 atom stereocenters. The van der Waals surface area contributed by atoms with Crippen molar-refractivity contribution in [2.24, 2.45) is 5.73 Å². The third kappa shape index (κ3) is 1.52. The maximum absolute atomic E-state index is 9.30. The summed E-state index contributed by atoms with van der Waals surface area (Å²) < 4.78 is 0. The van der Waals surface area contributed by atoms with Crippen molar-refractivity contribution in [1.29, 1.82) is 5.26 Å². The number of rotatable bonds is 1. The Hall–Kier alpha value is -0.630. The zero-order valence-corrected chi connectivity index (χ0v) is 8.74. The second-order valence-corrected chi connectivity index (χ2v) is 4.61. The standard InChI is InChI=1S/C10H18N4/c1-13-4-2-10(8-11,3-5-13)14-6-9(12)7-14/h9H,2-7,12H2,1H3. The second-order valence-electron chi connectivity index (χ2n) is 4.61. The van der Waals surface area contributed by atoms with E-state index >= 15 is 0 Å². The lowest BCUT2D eigenvalue weighted by Crippen LogP contribution is -2.66. The maximum Gasteiger partial charge on any atom is 0.111 e. The summed E-state index contributed by atoms with van der Waals surface area (Å²) in [4.78, 5) is 4.54. The molecule has 14 heavy (non-hydrogen) atoms. The van der Waals surface area contributed by atoms with E-state index in [2.05, 4.69) is 22.9 Å². The van der Waals surface area contributed by atoms with Crippen LogP contribution < -0.4 is 5.73 Å². The van der Waals surface area contributed by atoms with Crippen molar-refractivity contribution in [3.05, 3.63) is 0 Å². The van der Waals surface area contributed by atoms with Crippen LogP contribution >= 0.6 is 0 Å². The SMILES string of the molecule is CN1CCC(C#N)(N2CC(N)C2)CC1. The summed E-state index contributed by atoms with van der Waals surface area (Å²) in [6.45, 7) is 3.85. The highest BCUT2D eigenvalue weighted by Gasteiger charge is 2.44. The van der Waals surface area contributed by atoms with E-state index in [0.29, 0.717) is 6.04 Å². The van der Waals surface area contributed by atoms with Crippen LogP contribution in [0.25, 0.3) is 0 Å². The second kappa shape index (κ2) is 3.50. The van der Waals surface area contributed by atoms with Gasteiger partial charge in [-0.25, -0.2) is 0 Å². The van der Waals surface area contributed by atoms with Crippen LogP contribution in [0.15, 0.2) is 0 Å². The molecule has 0 aromatic heterocycles. The molecule has 4 heteroatoms. The Balaban J connectivity index is 2.01. The van der Waals surface area contributed by atoms with E-state index < -0.39 is 0 Å². The highest BCUT2D eigenvalue weighted by Crippen LogP contribution is 2.31. The van der Waals surface area contributed by atoms with Crippen molar-refractivity contribution in [2.45, 2.75) is 24.4 Å². The molecule has 78 valence electrons. The highest BCUT2D eigenvalue weighted by molar-refractivity contribution is 5.14. The number of hydrogen-bond acceptors (Lipinski definition) is 4. The van der Waals surface area contributed by atoms with E-state index in [0.717, 1.165) is 39.0 Å². The summed E-state index contributed by atoms with van der Waals surface area (Å²) in [6, 6.07) is 2.80. The molecule has 2 saturated heterocycles. The van der Waals surface area contributed by atoms with Gasteiger partial charge in [0.25, 0.3) is 0 Å². The van der Waals surface area contributed by atoms with Gasteiger partial charge in [-0.3, -0.25) is 4.90 Å². The van der Waals surface area contributed by atoms with Crippen LogP contribution in [0.5, 0.6) is 0 Å². The molecule has 0 bridgehead atoms. The van der Waals surface area contributed by atoms with Gasteiger partial charge in [0, 0.05) is 32.2 Å². The lowest BCUT2D eigenvalue weighted by molar-refractivity contribution is 0.0106. The minimum atomic E-state index is -0.206. The lowest BCUT2D eigenvalue weighted by Gasteiger charge is -2.50. The van der Waals surface area contributed by atoms with Gasteiger partial charge in [-0.1, -0.05) is 0 Å². The van der Waals surface area contributed by atoms with Gasteiger partial charge < -0.3 is 10.6 Å². The molecule has 2 aliphatic heterocycles. The monoisotopic (exact) mass is 194 g/mol. The number of piperidine rings is 1. The summed E-state index contributed by atoms with van der Waals surface area (Å²) in [6.07, 6.45) is 1.93. The maximum atomic E-state index is 9.30. The fraction of sp³-hybridized carbons (Fsp3) is 0.900. The minimum absolute atomic E-state index is 0.206. The summed E-state index contributed by atoms with van der Waals surface area (Å²) >= 11 is 0. The van der Waals surface area contributed by atoms with Gasteiger partial charge in [-0.05, 0) is 19.9 Å². The average Bonchev–Trinajstić information content (AvgIpc) is 2.16. The number of likely N-dealkylation sites (tertiary alicyclic amines) is 2. The van der Waals surface area contributed by atoms with Crippen molar-refractivity contribution >= 4 is 0 Å². The molecule has 0 aliphatic carbocycles. The summed E-state index contributed by atoms with van der Waals surface area (Å²) in [7, 11) is 2.11. The fourth-order valence-electron chi connectivity index (χ4n) is 2.35. The van der Waals surface area contributed by atoms with Crippen molar-refractivity contribution in [2.75, 3.05) is 33.2 Å². The molecular weight excluding hydrogens is 176 g/mol. The predicted octanol–water partition coefficient (Wildman–Crippen LogP) is -0.383. The van der Waals surface area contributed by atoms with Gasteiger partial charge in [0.15, 0.2) is 0 Å². The number of nitriles is 1. The van der Waals surface area contributed by atoms with E-state index in [1.807, 2.05) is 0 Å². The highest BCUT2D eigenvalue weighted by atomic mass is 15.3. The quantitative estimate of drug-likeness (QED) is 0.618. The number of hydrogen-bond donors (Lipinski definition) is 1. The molecule has 0 spiro atoms. The number of nitrogens with zero attached hydrogens (tertiary/aromatic N) is 3. The smallest absolute Gasteiger partial charge is 0.111 e. The molecule has 0 saturated carbocycles. The van der Waals surface area contributed by atoms with Crippen molar-refractivity contribution < 1.29 is 0 Å². The molecule has 4 nitrogen and oxygen atoms in total. The Morgan fingerprint density at radius 3 is 2.36 bits per heavy atom. The minimum Gasteiger partial charge on any atom is -0.325 e. The van der Waals surface area contributed by atoms with Gasteiger partial charge in [0.05, 0.1) is 6.07 Å². The van der Waals surface area contributed by atoms with Crippen molar-refractivity contribution in [1.82, 2.24) is 9.80 Å². The predicted molar refractivity (Wildman–Crippen MR) is 54.6 cm³/mol. The first-order valence-electron chi connectivity index (χ1n) is 5.27. The normalized spacial score (nSPS) is 29.5. The van der Waals surface area contributed by atoms with Crippen LogP contribution in [0.4, 0.5) is 0 Å². The summed E-state index contributed by atoms with van der Waals surface area (Å²) in [5.41, 5.74) is 5.55. The molecule has 2 fully saturated rings. The molecule has 0 radical (unpaired) electrons. The third-order valence-corrected chi connectivity index (χ3v) is 3.54. The summed E-state index contributed by atoms with van der Waals surface area (Å²) in [5, 5.41) is 9.30. The fourth-order valence-corrected chi connectivity index (χ4v) is 2.35. The van der Waals surface area contributed by atoms with Crippen molar-refractivity contribution in [3.8, 4) is 6.07 Å². The molecule has 0 amide bonds. The zero-order valence-electron chi connectivity index (χ0n) is 8.74. The first-order chi connectivity index (χ1) is 6.66. The number of nitrogens with two attached hydrogens (primary N) is 1. The van der Waals surface area contributed by atoms with Crippen LogP contribution in [-0.2, 0) is 0 Å². The van der Waals surface area contributed by atoms with Gasteiger partial charge in [0.1, 0.15) is 5.54 Å². The molecule has 2 aliphatic rings. The van der Waals surface area contributed by atoms with E-state index in [1.54, 1.807) is 0 Å². The van der Waals surface area contributed by atoms with Gasteiger partial charge in [-0.2, -0.15) is 5.26 Å². The summed E-state index contributed by atoms with van der Waals surface area (Å²) in [5.74, 6) is 0. The van der Waals surface area contributed by atoms with Gasteiger partial charge in [0.2, 0.25) is 0 Å². The van der Waals surface area contributed by atoms with E-state index in [1.165, 1.54) is 0 Å². The Kier molecular flexibility index (Phi) is 2.48. The van der Waals surface area contributed by atoms with Crippen LogP contribution in [-0.4, -0.2) is 54.6 Å². The van der Waals surface area contributed by atoms with E-state index in [4.69, 9.17) is 5.73 Å². The molecule has 0 unspecified atom stereocenters. The lowest BCUT2D eigenvalue weighted by atomic mass is 9.84. The molecule has 0 aromatic rings. The first kappa shape index (κ1) is 9.91. The molecular formula is C10H18N4. The topological polar surface area (TPSA) is 56.3 Å². The largest absolute Gasteiger partial charge is 0.325 e. The van der Waals surface area contributed by atoms with E-state index in [-0.39, 0.29) is 5.54 Å². The Morgan fingerprint density at radius 2 is 1.93 bits per heavy atom. The Bertz CT molecular complexity index is 243. The average molecular weight is 194 g/mol.